The maximum absolute atomic E-state index is 10.4. The fraction of sp³-hybridized carbons (Fsp3) is 0.545. The monoisotopic (exact) mass is 506 g/mol. The normalized spacial score (nSPS) is 28.4. The molecule has 2 aromatic heterocycles. The Morgan fingerprint density at radius 3 is 2.71 bits per heavy atom. The van der Waals surface area contributed by atoms with E-state index in [0.29, 0.717) is 32.9 Å². The van der Waals surface area contributed by atoms with E-state index >= 15 is 0 Å². The summed E-state index contributed by atoms with van der Waals surface area (Å²) in [6.07, 6.45) is -1.38. The summed E-state index contributed by atoms with van der Waals surface area (Å²) < 4.78 is 6.74. The van der Waals surface area contributed by atoms with Crippen LogP contribution in [0.2, 0.25) is 5.02 Å². The third-order valence-electron chi connectivity index (χ3n) is 6.39. The highest BCUT2D eigenvalue weighted by Gasteiger charge is 2.44. The van der Waals surface area contributed by atoms with Crippen LogP contribution in [0, 0.1) is 0 Å². The SMILES string of the molecule is CCCSc1nc(NC2CC2c2ccc(OC)c(Cl)c2)c2nnn(C3CC(O)C(O)C3O)c2n1. The van der Waals surface area contributed by atoms with Crippen molar-refractivity contribution in [3.63, 3.8) is 0 Å². The molecular weight excluding hydrogens is 480 g/mol. The van der Waals surface area contributed by atoms with Crippen molar-refractivity contribution in [3.05, 3.63) is 28.8 Å². The molecule has 6 atom stereocenters. The summed E-state index contributed by atoms with van der Waals surface area (Å²) in [5.74, 6) is 2.35. The number of hydrogen-bond acceptors (Lipinski definition) is 10. The van der Waals surface area contributed by atoms with Gasteiger partial charge < -0.3 is 25.4 Å². The van der Waals surface area contributed by atoms with E-state index in [-0.39, 0.29) is 18.4 Å². The average Bonchev–Trinajstić information content (AvgIpc) is 3.39. The van der Waals surface area contributed by atoms with Crippen molar-refractivity contribution in [1.82, 2.24) is 25.0 Å². The van der Waals surface area contributed by atoms with Gasteiger partial charge in [0.2, 0.25) is 0 Å². The van der Waals surface area contributed by atoms with Gasteiger partial charge in [-0.1, -0.05) is 41.6 Å². The van der Waals surface area contributed by atoms with Crippen LogP contribution >= 0.6 is 23.4 Å². The minimum atomic E-state index is -1.24. The van der Waals surface area contributed by atoms with Gasteiger partial charge in [0, 0.05) is 24.1 Å². The number of methoxy groups -OCH3 is 1. The van der Waals surface area contributed by atoms with Crippen molar-refractivity contribution in [2.24, 2.45) is 0 Å². The number of aliphatic hydroxyl groups is 3. The summed E-state index contributed by atoms with van der Waals surface area (Å²) in [6.45, 7) is 2.09. The van der Waals surface area contributed by atoms with Crippen molar-refractivity contribution in [1.29, 1.82) is 0 Å². The van der Waals surface area contributed by atoms with E-state index in [0.717, 1.165) is 24.2 Å². The molecule has 2 heterocycles. The minimum absolute atomic E-state index is 0.150. The van der Waals surface area contributed by atoms with Crippen LogP contribution in [0.1, 0.15) is 43.7 Å². The summed E-state index contributed by atoms with van der Waals surface area (Å²) >= 11 is 7.84. The predicted octanol–water partition coefficient (Wildman–Crippen LogP) is 2.38. The van der Waals surface area contributed by atoms with Crippen molar-refractivity contribution in [3.8, 4) is 5.75 Å². The molecule has 0 aliphatic heterocycles. The minimum Gasteiger partial charge on any atom is -0.495 e. The first-order chi connectivity index (χ1) is 16.4. The Hall–Kier alpha value is -2.18. The van der Waals surface area contributed by atoms with Gasteiger partial charge >= 0.3 is 0 Å². The number of nitrogens with one attached hydrogen (secondary N) is 1. The maximum Gasteiger partial charge on any atom is 0.191 e. The molecule has 2 fully saturated rings. The lowest BCUT2D eigenvalue weighted by atomic mass is 10.1. The first-order valence-electron chi connectivity index (χ1n) is 11.3. The number of nitrogens with zero attached hydrogens (tertiary/aromatic N) is 5. The molecule has 5 rings (SSSR count). The molecule has 0 bridgehead atoms. The van der Waals surface area contributed by atoms with Crippen molar-refractivity contribution >= 4 is 40.3 Å². The van der Waals surface area contributed by atoms with E-state index < -0.39 is 24.4 Å². The van der Waals surface area contributed by atoms with Crippen LogP contribution in [0.5, 0.6) is 5.75 Å². The summed E-state index contributed by atoms with van der Waals surface area (Å²) in [5.41, 5.74) is 2.07. The van der Waals surface area contributed by atoms with Gasteiger partial charge in [0.15, 0.2) is 22.1 Å². The number of thioether (sulfide) groups is 1. The van der Waals surface area contributed by atoms with Crippen LogP contribution in [0.25, 0.3) is 11.2 Å². The first-order valence-corrected chi connectivity index (χ1v) is 12.7. The third kappa shape index (κ3) is 4.31. The van der Waals surface area contributed by atoms with Gasteiger partial charge in [-0.25, -0.2) is 14.6 Å². The Bertz CT molecular complexity index is 1200. The number of anilines is 1. The molecule has 2 aliphatic rings. The van der Waals surface area contributed by atoms with Gasteiger partial charge in [0.1, 0.15) is 18.0 Å². The molecule has 1 aromatic carbocycles. The Morgan fingerprint density at radius 1 is 1.21 bits per heavy atom. The average molecular weight is 507 g/mol. The molecule has 182 valence electrons. The zero-order valence-electron chi connectivity index (χ0n) is 18.8. The molecule has 34 heavy (non-hydrogen) atoms. The lowest BCUT2D eigenvalue weighted by molar-refractivity contribution is -0.0253. The van der Waals surface area contributed by atoms with Crippen LogP contribution in [0.15, 0.2) is 23.4 Å². The lowest BCUT2D eigenvalue weighted by Gasteiger charge is -2.16. The molecular formula is C22H27ClN6O4S. The number of aliphatic hydroxyl groups excluding tert-OH is 3. The summed E-state index contributed by atoms with van der Waals surface area (Å²) in [7, 11) is 1.59. The molecule has 10 nitrogen and oxygen atoms in total. The van der Waals surface area contributed by atoms with Gasteiger partial charge in [-0.05, 0) is 30.5 Å². The van der Waals surface area contributed by atoms with Crippen LogP contribution < -0.4 is 10.1 Å². The van der Waals surface area contributed by atoms with E-state index in [1.807, 2.05) is 18.2 Å². The molecule has 0 amide bonds. The number of ether oxygens (including phenoxy) is 1. The molecule has 3 aromatic rings. The van der Waals surface area contributed by atoms with Crippen LogP contribution in [0.3, 0.4) is 0 Å². The number of aromatic nitrogens is 5. The number of halogens is 1. The van der Waals surface area contributed by atoms with E-state index in [4.69, 9.17) is 21.3 Å². The molecule has 2 saturated carbocycles. The smallest absolute Gasteiger partial charge is 0.191 e. The number of hydrogen-bond donors (Lipinski definition) is 4. The number of benzene rings is 1. The van der Waals surface area contributed by atoms with Crippen LogP contribution in [0.4, 0.5) is 5.82 Å². The Kier molecular flexibility index (Phi) is 6.56. The second-order valence-corrected chi connectivity index (χ2v) is 10.2. The van der Waals surface area contributed by atoms with E-state index in [1.165, 1.54) is 16.4 Å². The van der Waals surface area contributed by atoms with Gasteiger partial charge in [0.05, 0.1) is 24.3 Å². The Morgan fingerprint density at radius 2 is 2.03 bits per heavy atom. The van der Waals surface area contributed by atoms with E-state index in [9.17, 15) is 15.3 Å². The second kappa shape index (κ2) is 9.46. The first kappa shape index (κ1) is 23.6. The molecule has 4 N–H and O–H groups in total. The largest absolute Gasteiger partial charge is 0.495 e. The highest BCUT2D eigenvalue weighted by Crippen LogP contribution is 2.45. The van der Waals surface area contributed by atoms with Gasteiger partial charge in [-0.3, -0.25) is 0 Å². The lowest BCUT2D eigenvalue weighted by Crippen LogP contribution is -2.31. The molecule has 0 radical (unpaired) electrons. The van der Waals surface area contributed by atoms with E-state index in [2.05, 4.69) is 27.5 Å². The van der Waals surface area contributed by atoms with Crippen LogP contribution in [-0.4, -0.2) is 77.5 Å². The quantitative estimate of drug-likeness (QED) is 0.266. The molecule has 0 spiro atoms. The van der Waals surface area contributed by atoms with Crippen molar-refractivity contribution < 1.29 is 20.1 Å². The topological polar surface area (TPSA) is 138 Å². The van der Waals surface area contributed by atoms with Crippen LogP contribution in [-0.2, 0) is 0 Å². The Balaban J connectivity index is 1.44. The zero-order chi connectivity index (χ0) is 24.0. The summed E-state index contributed by atoms with van der Waals surface area (Å²) in [4.78, 5) is 9.34. The fourth-order valence-corrected chi connectivity index (χ4v) is 5.39. The van der Waals surface area contributed by atoms with E-state index in [1.54, 1.807) is 7.11 Å². The maximum atomic E-state index is 10.4. The number of rotatable bonds is 8. The highest BCUT2D eigenvalue weighted by atomic mass is 35.5. The number of fused-ring (bicyclic) bond motifs is 1. The predicted molar refractivity (Wildman–Crippen MR) is 129 cm³/mol. The molecule has 2 aliphatic carbocycles. The summed E-state index contributed by atoms with van der Waals surface area (Å²) in [5, 5.41) is 43.6. The molecule has 0 saturated heterocycles. The third-order valence-corrected chi connectivity index (χ3v) is 7.74. The van der Waals surface area contributed by atoms with Gasteiger partial charge in [-0.15, -0.1) is 5.10 Å². The van der Waals surface area contributed by atoms with Crippen molar-refractivity contribution in [2.45, 2.75) is 67.7 Å². The van der Waals surface area contributed by atoms with Gasteiger partial charge in [-0.2, -0.15) is 0 Å². The molecule has 6 unspecified atom stereocenters. The summed E-state index contributed by atoms with van der Waals surface area (Å²) in [6, 6.07) is 5.34. The van der Waals surface area contributed by atoms with Crippen molar-refractivity contribution in [2.75, 3.05) is 18.2 Å². The van der Waals surface area contributed by atoms with Gasteiger partial charge in [0.25, 0.3) is 0 Å². The molecule has 12 heteroatoms. The standard InChI is InChI=1S/C22H27ClN6O4S/c1-3-6-34-22-25-20(24-13-8-11(13)10-4-5-16(33-2)12(23)7-10)17-21(26-22)29(28-27-17)14-9-15(30)19(32)18(14)31/h4-5,7,11,13-15,18-19,30-32H,3,6,8-9H2,1-2H3,(H,24,25,26). The zero-order valence-corrected chi connectivity index (χ0v) is 20.4. The Labute approximate surface area is 205 Å². The second-order valence-electron chi connectivity index (χ2n) is 8.75. The highest BCUT2D eigenvalue weighted by molar-refractivity contribution is 7.99. The fourth-order valence-electron chi connectivity index (χ4n) is 4.43.